The van der Waals surface area contributed by atoms with Gasteiger partial charge in [-0.2, -0.15) is 0 Å². The van der Waals surface area contributed by atoms with Gasteiger partial charge in [-0.3, -0.25) is 14.5 Å². The van der Waals surface area contributed by atoms with Gasteiger partial charge >= 0.3 is 0 Å². The normalized spacial score (nSPS) is 15.2. The first-order chi connectivity index (χ1) is 13.5. The molecule has 2 aromatic carbocycles. The maximum atomic E-state index is 12.6. The van der Waals surface area contributed by atoms with Crippen LogP contribution in [0.2, 0.25) is 0 Å². The third kappa shape index (κ3) is 4.51. The number of hydrogen-bond acceptors (Lipinski definition) is 6. The summed E-state index contributed by atoms with van der Waals surface area (Å²) in [5.74, 6) is 1.45. The van der Waals surface area contributed by atoms with E-state index >= 15 is 0 Å². The number of halogens is 1. The highest BCUT2D eigenvalue weighted by molar-refractivity contribution is 9.10. The Labute approximate surface area is 175 Å². The predicted molar refractivity (Wildman–Crippen MR) is 112 cm³/mol. The molecule has 1 heterocycles. The molecule has 28 heavy (non-hydrogen) atoms. The summed E-state index contributed by atoms with van der Waals surface area (Å²) in [5, 5.41) is -0.313. The van der Waals surface area contributed by atoms with Crippen LogP contribution in [-0.2, 0) is 4.79 Å². The molecule has 6 nitrogen and oxygen atoms in total. The van der Waals surface area contributed by atoms with Crippen molar-refractivity contribution in [2.75, 3.05) is 27.4 Å². The lowest BCUT2D eigenvalue weighted by Crippen LogP contribution is -2.32. The second kappa shape index (κ2) is 9.16. The van der Waals surface area contributed by atoms with Crippen LogP contribution in [0.25, 0.3) is 6.08 Å². The van der Waals surface area contributed by atoms with E-state index in [0.29, 0.717) is 26.6 Å². The summed E-state index contributed by atoms with van der Waals surface area (Å²) in [6, 6.07) is 12.8. The summed E-state index contributed by atoms with van der Waals surface area (Å²) in [5.41, 5.74) is 0.718. The minimum atomic E-state index is -0.336. The monoisotopic (exact) mass is 463 g/mol. The molecule has 0 unspecified atom stereocenters. The molecule has 1 aliphatic rings. The van der Waals surface area contributed by atoms with Crippen LogP contribution in [-0.4, -0.2) is 43.4 Å². The summed E-state index contributed by atoms with van der Waals surface area (Å²) in [6.07, 6.45) is 1.66. The molecule has 1 saturated heterocycles. The van der Waals surface area contributed by atoms with E-state index in [9.17, 15) is 9.59 Å². The average Bonchev–Trinajstić information content (AvgIpc) is 2.95. The van der Waals surface area contributed by atoms with Gasteiger partial charge in [0.1, 0.15) is 12.4 Å². The standard InChI is InChI=1S/C20H18BrNO5S/c1-25-16-11-13(10-15(21)18(16)26-2)12-17-19(23)22(20(24)28-17)8-9-27-14-6-4-3-5-7-14/h3-7,10-12H,8-9H2,1-2H3/b17-12-. The fourth-order valence-electron chi connectivity index (χ4n) is 2.64. The number of carbonyl (C=O) groups excluding carboxylic acids is 2. The lowest BCUT2D eigenvalue weighted by atomic mass is 10.2. The van der Waals surface area contributed by atoms with E-state index in [1.54, 1.807) is 25.3 Å². The maximum absolute atomic E-state index is 12.6. The maximum Gasteiger partial charge on any atom is 0.293 e. The van der Waals surface area contributed by atoms with E-state index in [2.05, 4.69) is 15.9 Å². The van der Waals surface area contributed by atoms with Crippen LogP contribution in [0.1, 0.15) is 5.56 Å². The molecule has 0 radical (unpaired) electrons. The van der Waals surface area contributed by atoms with Gasteiger partial charge in [0.2, 0.25) is 0 Å². The van der Waals surface area contributed by atoms with E-state index in [0.717, 1.165) is 17.3 Å². The van der Waals surface area contributed by atoms with Crippen LogP contribution in [0.5, 0.6) is 17.2 Å². The smallest absolute Gasteiger partial charge is 0.293 e. The average molecular weight is 464 g/mol. The number of hydrogen-bond donors (Lipinski definition) is 0. The van der Waals surface area contributed by atoms with E-state index in [4.69, 9.17) is 14.2 Å². The van der Waals surface area contributed by atoms with Gasteiger partial charge in [0.25, 0.3) is 11.1 Å². The van der Waals surface area contributed by atoms with Crippen molar-refractivity contribution < 1.29 is 23.8 Å². The quantitative estimate of drug-likeness (QED) is 0.559. The van der Waals surface area contributed by atoms with Crippen LogP contribution >= 0.6 is 27.7 Å². The Bertz CT molecular complexity index is 916. The summed E-state index contributed by atoms with van der Waals surface area (Å²) in [6.45, 7) is 0.420. The topological polar surface area (TPSA) is 65.1 Å². The van der Waals surface area contributed by atoms with E-state index in [1.807, 2.05) is 30.3 Å². The van der Waals surface area contributed by atoms with Crippen LogP contribution in [0.15, 0.2) is 51.8 Å². The van der Waals surface area contributed by atoms with Crippen LogP contribution in [0.4, 0.5) is 4.79 Å². The van der Waals surface area contributed by atoms with Gasteiger partial charge in [-0.25, -0.2) is 0 Å². The molecule has 2 aromatic rings. The zero-order valence-corrected chi connectivity index (χ0v) is 17.7. The van der Waals surface area contributed by atoms with Gasteiger partial charge < -0.3 is 14.2 Å². The van der Waals surface area contributed by atoms with Crippen LogP contribution in [0, 0.1) is 0 Å². The summed E-state index contributed by atoms with van der Waals surface area (Å²) >= 11 is 4.33. The van der Waals surface area contributed by atoms with Crippen molar-refractivity contribution in [3.63, 3.8) is 0 Å². The largest absolute Gasteiger partial charge is 0.493 e. The summed E-state index contributed by atoms with van der Waals surface area (Å²) in [4.78, 5) is 26.4. The van der Waals surface area contributed by atoms with Crippen molar-refractivity contribution >= 4 is 44.9 Å². The van der Waals surface area contributed by atoms with Crippen molar-refractivity contribution in [3.05, 3.63) is 57.4 Å². The van der Waals surface area contributed by atoms with Gasteiger partial charge in [-0.05, 0) is 63.6 Å². The van der Waals surface area contributed by atoms with Crippen molar-refractivity contribution in [2.24, 2.45) is 0 Å². The zero-order chi connectivity index (χ0) is 20.1. The molecule has 3 rings (SSSR count). The minimum Gasteiger partial charge on any atom is -0.493 e. The molecule has 1 aliphatic heterocycles. The number of nitrogens with zero attached hydrogens (tertiary/aromatic N) is 1. The first kappa shape index (κ1) is 20.3. The highest BCUT2D eigenvalue weighted by Gasteiger charge is 2.34. The molecular weight excluding hydrogens is 446 g/mol. The Morgan fingerprint density at radius 3 is 2.54 bits per heavy atom. The number of rotatable bonds is 7. The number of amides is 2. The second-order valence-electron chi connectivity index (χ2n) is 5.73. The molecular formula is C20H18BrNO5S. The predicted octanol–water partition coefficient (Wildman–Crippen LogP) is 4.58. The molecule has 0 N–H and O–H groups in total. The Balaban J connectivity index is 1.71. The lowest BCUT2D eigenvalue weighted by Gasteiger charge is -2.13. The molecule has 0 aromatic heterocycles. The number of ether oxygens (including phenoxy) is 3. The molecule has 0 bridgehead atoms. The van der Waals surface area contributed by atoms with Crippen LogP contribution < -0.4 is 14.2 Å². The fraction of sp³-hybridized carbons (Fsp3) is 0.200. The molecule has 146 valence electrons. The van der Waals surface area contributed by atoms with Crippen molar-refractivity contribution in [1.29, 1.82) is 0 Å². The number of carbonyl (C=O) groups is 2. The lowest BCUT2D eigenvalue weighted by molar-refractivity contribution is -0.123. The van der Waals surface area contributed by atoms with Crippen molar-refractivity contribution in [2.45, 2.75) is 0 Å². The third-order valence-electron chi connectivity index (χ3n) is 3.95. The number of imide groups is 1. The molecule has 8 heteroatoms. The van der Waals surface area contributed by atoms with Gasteiger partial charge in [-0.1, -0.05) is 18.2 Å². The van der Waals surface area contributed by atoms with E-state index in [-0.39, 0.29) is 24.3 Å². The van der Waals surface area contributed by atoms with Crippen LogP contribution in [0.3, 0.4) is 0 Å². The molecule has 1 fully saturated rings. The van der Waals surface area contributed by atoms with Gasteiger partial charge in [0.05, 0.1) is 30.1 Å². The summed E-state index contributed by atoms with van der Waals surface area (Å²) < 4.78 is 16.9. The molecule has 0 atom stereocenters. The number of methoxy groups -OCH3 is 2. The highest BCUT2D eigenvalue weighted by atomic mass is 79.9. The van der Waals surface area contributed by atoms with E-state index in [1.165, 1.54) is 12.0 Å². The molecule has 0 aliphatic carbocycles. The third-order valence-corrected chi connectivity index (χ3v) is 5.45. The van der Waals surface area contributed by atoms with Crippen molar-refractivity contribution in [1.82, 2.24) is 4.90 Å². The highest BCUT2D eigenvalue weighted by Crippen LogP contribution is 2.38. The first-order valence-corrected chi connectivity index (χ1v) is 9.99. The van der Waals surface area contributed by atoms with Crippen molar-refractivity contribution in [3.8, 4) is 17.2 Å². The Morgan fingerprint density at radius 2 is 1.86 bits per heavy atom. The number of benzene rings is 2. The Hall–Kier alpha value is -2.45. The summed E-state index contributed by atoms with van der Waals surface area (Å²) in [7, 11) is 3.08. The molecule has 0 saturated carbocycles. The zero-order valence-electron chi connectivity index (χ0n) is 15.3. The number of para-hydroxylation sites is 1. The fourth-order valence-corrected chi connectivity index (χ4v) is 4.12. The minimum absolute atomic E-state index is 0.187. The first-order valence-electron chi connectivity index (χ1n) is 8.38. The van der Waals surface area contributed by atoms with Gasteiger partial charge in [0.15, 0.2) is 11.5 Å². The SMILES string of the molecule is COc1cc(/C=C2\SC(=O)N(CCOc3ccccc3)C2=O)cc(Br)c1OC. The second-order valence-corrected chi connectivity index (χ2v) is 7.58. The molecule has 0 spiro atoms. The van der Waals surface area contributed by atoms with E-state index < -0.39 is 0 Å². The Morgan fingerprint density at radius 1 is 1.11 bits per heavy atom. The molecule has 2 amide bonds. The van der Waals surface area contributed by atoms with Gasteiger partial charge in [-0.15, -0.1) is 0 Å². The number of thioether (sulfide) groups is 1. The van der Waals surface area contributed by atoms with Gasteiger partial charge in [0, 0.05) is 0 Å². The Kier molecular flexibility index (Phi) is 6.64.